The molecule has 166 valence electrons. The first kappa shape index (κ1) is 23.9. The predicted molar refractivity (Wildman–Crippen MR) is 121 cm³/mol. The summed E-state index contributed by atoms with van der Waals surface area (Å²) in [7, 11) is -0.134. The van der Waals surface area contributed by atoms with Crippen molar-refractivity contribution in [3.05, 3.63) is 47.3 Å². The highest BCUT2D eigenvalue weighted by Crippen LogP contribution is 2.17. The van der Waals surface area contributed by atoms with Crippen LogP contribution in [-0.2, 0) is 23.1 Å². The summed E-state index contributed by atoms with van der Waals surface area (Å²) in [5.41, 5.74) is 3.18. The van der Waals surface area contributed by atoms with E-state index in [0.717, 1.165) is 30.8 Å². The molecule has 1 heterocycles. The number of rotatable bonds is 9. The first-order valence-electron chi connectivity index (χ1n) is 10.2. The van der Waals surface area contributed by atoms with E-state index in [9.17, 15) is 8.42 Å². The van der Waals surface area contributed by atoms with Gasteiger partial charge in [-0.1, -0.05) is 12.1 Å². The number of aromatic nitrogens is 2. The van der Waals surface area contributed by atoms with Crippen LogP contribution in [0.1, 0.15) is 37.2 Å². The van der Waals surface area contributed by atoms with E-state index in [-0.39, 0.29) is 6.04 Å². The van der Waals surface area contributed by atoms with E-state index in [1.165, 1.54) is 10.00 Å². The summed E-state index contributed by atoms with van der Waals surface area (Å²) in [5.74, 6) is 0.708. The van der Waals surface area contributed by atoms with Gasteiger partial charge in [0, 0.05) is 45.5 Å². The molecule has 1 aromatic heterocycles. The number of guanidine groups is 1. The molecule has 0 amide bonds. The molecule has 2 aromatic rings. The molecular weight excluding hydrogens is 400 g/mol. The standard InChI is InChI=1S/C21H34N6O2S/c1-16(2)26(6)30(28,29)20-10-8-19(9-11-20)15-24-21(22-5)23-12-7-13-27-18(4)14-17(3)25-27/h8-11,14,16H,7,12-13,15H2,1-6H3,(H2,22,23,24). The summed E-state index contributed by atoms with van der Waals surface area (Å²) in [6, 6.07) is 8.93. The number of nitrogens with one attached hydrogen (secondary N) is 2. The van der Waals surface area contributed by atoms with E-state index in [2.05, 4.69) is 33.7 Å². The minimum atomic E-state index is -3.46. The van der Waals surface area contributed by atoms with Crippen molar-refractivity contribution in [2.75, 3.05) is 20.6 Å². The third kappa shape index (κ3) is 6.30. The lowest BCUT2D eigenvalue weighted by Crippen LogP contribution is -2.37. The van der Waals surface area contributed by atoms with Gasteiger partial charge in [0.15, 0.2) is 5.96 Å². The van der Waals surface area contributed by atoms with E-state index in [4.69, 9.17) is 0 Å². The Morgan fingerprint density at radius 3 is 2.40 bits per heavy atom. The second-order valence-electron chi connectivity index (χ2n) is 7.62. The molecule has 2 N–H and O–H groups in total. The van der Waals surface area contributed by atoms with Gasteiger partial charge in [0.05, 0.1) is 10.6 Å². The highest BCUT2D eigenvalue weighted by molar-refractivity contribution is 7.89. The largest absolute Gasteiger partial charge is 0.356 e. The fraction of sp³-hybridized carbons (Fsp3) is 0.524. The predicted octanol–water partition coefficient (Wildman–Crippen LogP) is 2.28. The van der Waals surface area contributed by atoms with Crippen LogP contribution in [0.2, 0.25) is 0 Å². The molecule has 1 aromatic carbocycles. The van der Waals surface area contributed by atoms with Gasteiger partial charge in [0.25, 0.3) is 0 Å². The number of hydrogen-bond donors (Lipinski definition) is 2. The number of nitrogens with zero attached hydrogens (tertiary/aromatic N) is 4. The minimum absolute atomic E-state index is 0.0908. The zero-order chi connectivity index (χ0) is 22.3. The monoisotopic (exact) mass is 434 g/mol. The molecule has 0 saturated heterocycles. The first-order valence-corrected chi connectivity index (χ1v) is 11.6. The maximum Gasteiger partial charge on any atom is 0.243 e. The molecule has 0 unspecified atom stereocenters. The summed E-state index contributed by atoms with van der Waals surface area (Å²) < 4.78 is 28.5. The molecule has 8 nitrogen and oxygen atoms in total. The van der Waals surface area contributed by atoms with Gasteiger partial charge in [-0.05, 0) is 57.9 Å². The lowest BCUT2D eigenvalue weighted by Gasteiger charge is -2.21. The lowest BCUT2D eigenvalue weighted by atomic mass is 10.2. The fourth-order valence-corrected chi connectivity index (χ4v) is 4.33. The Hall–Kier alpha value is -2.39. The number of hydrogen-bond acceptors (Lipinski definition) is 4. The molecular formula is C21H34N6O2S. The van der Waals surface area contributed by atoms with E-state index in [0.29, 0.717) is 17.4 Å². The third-order valence-electron chi connectivity index (χ3n) is 4.95. The highest BCUT2D eigenvalue weighted by Gasteiger charge is 2.22. The van der Waals surface area contributed by atoms with Gasteiger partial charge in [-0.25, -0.2) is 8.42 Å². The molecule has 0 atom stereocenters. The molecule has 0 saturated carbocycles. The van der Waals surface area contributed by atoms with Gasteiger partial charge in [-0.15, -0.1) is 0 Å². The Morgan fingerprint density at radius 1 is 1.20 bits per heavy atom. The highest BCUT2D eigenvalue weighted by atomic mass is 32.2. The van der Waals surface area contributed by atoms with Crippen molar-refractivity contribution in [1.82, 2.24) is 24.7 Å². The van der Waals surface area contributed by atoms with Crippen LogP contribution < -0.4 is 10.6 Å². The van der Waals surface area contributed by atoms with Crippen molar-refractivity contribution < 1.29 is 8.42 Å². The molecule has 0 spiro atoms. The quantitative estimate of drug-likeness (QED) is 0.359. The average molecular weight is 435 g/mol. The third-order valence-corrected chi connectivity index (χ3v) is 7.00. The van der Waals surface area contributed by atoms with E-state index in [1.54, 1.807) is 26.2 Å². The Bertz CT molecular complexity index is 948. The van der Waals surface area contributed by atoms with Crippen molar-refractivity contribution in [2.24, 2.45) is 4.99 Å². The molecule has 0 radical (unpaired) electrons. The summed E-state index contributed by atoms with van der Waals surface area (Å²) in [5, 5.41) is 11.0. The van der Waals surface area contributed by atoms with Crippen LogP contribution in [0.25, 0.3) is 0 Å². The summed E-state index contributed by atoms with van der Waals surface area (Å²) in [6.07, 6.45) is 0.929. The number of aliphatic imine (C=N–C) groups is 1. The number of sulfonamides is 1. The normalized spacial score (nSPS) is 12.6. The SMILES string of the molecule is CN=C(NCCCn1nc(C)cc1C)NCc1ccc(S(=O)(=O)N(C)C(C)C)cc1. The molecule has 0 aliphatic rings. The Balaban J connectivity index is 1.82. The van der Waals surface area contributed by atoms with E-state index < -0.39 is 10.0 Å². The average Bonchev–Trinajstić information content (AvgIpc) is 3.04. The van der Waals surface area contributed by atoms with Crippen LogP contribution in [0.15, 0.2) is 40.2 Å². The van der Waals surface area contributed by atoms with Crippen LogP contribution in [0.3, 0.4) is 0 Å². The van der Waals surface area contributed by atoms with Crippen LogP contribution >= 0.6 is 0 Å². The zero-order valence-corrected chi connectivity index (χ0v) is 19.6. The molecule has 2 rings (SSSR count). The van der Waals surface area contributed by atoms with Gasteiger partial charge in [-0.2, -0.15) is 9.40 Å². The van der Waals surface area contributed by atoms with Gasteiger partial charge in [-0.3, -0.25) is 9.67 Å². The van der Waals surface area contributed by atoms with Gasteiger partial charge in [0.1, 0.15) is 0 Å². The van der Waals surface area contributed by atoms with Crippen molar-refractivity contribution in [2.45, 2.75) is 58.1 Å². The molecule has 30 heavy (non-hydrogen) atoms. The lowest BCUT2D eigenvalue weighted by molar-refractivity contribution is 0.410. The number of aryl methyl sites for hydroxylation is 3. The van der Waals surface area contributed by atoms with Crippen molar-refractivity contribution in [3.63, 3.8) is 0 Å². The van der Waals surface area contributed by atoms with Crippen molar-refractivity contribution in [3.8, 4) is 0 Å². The summed E-state index contributed by atoms with van der Waals surface area (Å²) in [6.45, 7) is 9.94. The van der Waals surface area contributed by atoms with Crippen LogP contribution in [0.4, 0.5) is 0 Å². The van der Waals surface area contributed by atoms with Gasteiger partial charge >= 0.3 is 0 Å². The van der Waals surface area contributed by atoms with E-state index in [1.807, 2.05) is 37.6 Å². The molecule has 0 aliphatic heterocycles. The fourth-order valence-electron chi connectivity index (χ4n) is 2.97. The van der Waals surface area contributed by atoms with Crippen LogP contribution in [0, 0.1) is 13.8 Å². The Morgan fingerprint density at radius 2 is 1.87 bits per heavy atom. The van der Waals surface area contributed by atoms with Crippen LogP contribution in [-0.4, -0.2) is 55.1 Å². The minimum Gasteiger partial charge on any atom is -0.356 e. The summed E-state index contributed by atoms with van der Waals surface area (Å²) in [4.78, 5) is 4.54. The smallest absolute Gasteiger partial charge is 0.243 e. The zero-order valence-electron chi connectivity index (χ0n) is 18.8. The van der Waals surface area contributed by atoms with Gasteiger partial charge in [0.2, 0.25) is 10.0 Å². The number of benzene rings is 1. The van der Waals surface area contributed by atoms with Crippen molar-refractivity contribution in [1.29, 1.82) is 0 Å². The second-order valence-corrected chi connectivity index (χ2v) is 9.61. The van der Waals surface area contributed by atoms with Crippen molar-refractivity contribution >= 4 is 16.0 Å². The topological polar surface area (TPSA) is 91.6 Å². The molecule has 9 heteroatoms. The Labute approximate surface area is 180 Å². The molecule has 0 bridgehead atoms. The maximum absolute atomic E-state index is 12.5. The molecule has 0 aliphatic carbocycles. The second kappa shape index (κ2) is 10.6. The maximum atomic E-state index is 12.5. The first-order chi connectivity index (χ1) is 14.1. The Kier molecular flexibility index (Phi) is 8.43. The van der Waals surface area contributed by atoms with E-state index >= 15 is 0 Å². The van der Waals surface area contributed by atoms with Crippen LogP contribution in [0.5, 0.6) is 0 Å². The molecule has 0 fully saturated rings. The summed E-state index contributed by atoms with van der Waals surface area (Å²) >= 11 is 0. The van der Waals surface area contributed by atoms with Gasteiger partial charge < -0.3 is 10.6 Å².